The van der Waals surface area contributed by atoms with Crippen LogP contribution in [-0.2, 0) is 0 Å². The fourth-order valence-corrected chi connectivity index (χ4v) is 3.98. The van der Waals surface area contributed by atoms with Crippen LogP contribution >= 0.6 is 11.6 Å². The average Bonchev–Trinajstić information content (AvgIpc) is 3.49. The molecule has 6 nitrogen and oxygen atoms in total. The molecule has 0 spiro atoms. The third-order valence-electron chi connectivity index (χ3n) is 5.26. The molecule has 2 aromatic heterocycles. The van der Waals surface area contributed by atoms with Gasteiger partial charge in [-0.2, -0.15) is 4.98 Å². The van der Waals surface area contributed by atoms with Gasteiger partial charge in [0, 0.05) is 22.7 Å². The Balaban J connectivity index is 1.42. The summed E-state index contributed by atoms with van der Waals surface area (Å²) < 4.78 is 13.3. The van der Waals surface area contributed by atoms with Crippen LogP contribution in [0.3, 0.4) is 0 Å². The van der Waals surface area contributed by atoms with Crippen molar-refractivity contribution in [1.82, 2.24) is 14.7 Å². The van der Waals surface area contributed by atoms with Gasteiger partial charge in [0.25, 0.3) is 11.8 Å². The lowest BCUT2D eigenvalue weighted by molar-refractivity contribution is 0.112. The van der Waals surface area contributed by atoms with Gasteiger partial charge < -0.3 is 9.26 Å². The van der Waals surface area contributed by atoms with Crippen molar-refractivity contribution in [3.05, 3.63) is 59.2 Å². The van der Waals surface area contributed by atoms with Crippen LogP contribution in [0.2, 0.25) is 5.02 Å². The molecule has 146 valence electrons. The number of aromatic nitrogens is 3. The number of carbonyl (C=O) groups is 1. The number of rotatable bonds is 5. The van der Waals surface area contributed by atoms with Crippen LogP contribution < -0.4 is 4.74 Å². The quantitative estimate of drug-likeness (QED) is 0.410. The van der Waals surface area contributed by atoms with Gasteiger partial charge in [-0.15, -0.1) is 0 Å². The van der Waals surface area contributed by atoms with Gasteiger partial charge in [0.1, 0.15) is 12.0 Å². The minimum absolute atomic E-state index is 0.245. The lowest BCUT2D eigenvalue weighted by atomic mass is 10.2. The number of halogens is 1. The van der Waals surface area contributed by atoms with Crippen LogP contribution in [0.5, 0.6) is 5.75 Å². The Morgan fingerprint density at radius 3 is 2.79 bits per heavy atom. The van der Waals surface area contributed by atoms with Gasteiger partial charge in [-0.25, -0.2) is 0 Å². The number of nitrogens with zero attached hydrogens (tertiary/aromatic N) is 3. The molecule has 0 N–H and O–H groups in total. The van der Waals surface area contributed by atoms with Crippen LogP contribution in [0, 0.1) is 0 Å². The molecular weight excluding hydrogens is 390 g/mol. The smallest absolute Gasteiger partial charge is 0.275 e. The molecule has 0 radical (unpaired) electrons. The maximum absolute atomic E-state index is 11.0. The summed E-state index contributed by atoms with van der Waals surface area (Å²) in [5.41, 5.74) is 2.24. The summed E-state index contributed by atoms with van der Waals surface area (Å²) in [6.07, 6.45) is 7.47. The first-order valence-corrected chi connectivity index (χ1v) is 9.96. The van der Waals surface area contributed by atoms with E-state index in [1.807, 2.05) is 41.1 Å². The number of benzene rings is 2. The Morgan fingerprint density at radius 1 is 1.14 bits per heavy atom. The number of fused-ring (bicyclic) bond motifs is 1. The number of hydrogen-bond donors (Lipinski definition) is 0. The van der Waals surface area contributed by atoms with E-state index in [4.69, 9.17) is 20.9 Å². The molecule has 29 heavy (non-hydrogen) atoms. The Hall–Kier alpha value is -3.12. The van der Waals surface area contributed by atoms with E-state index in [2.05, 4.69) is 10.1 Å². The number of aldehydes is 1. The molecule has 0 saturated heterocycles. The second-order valence-electron chi connectivity index (χ2n) is 7.19. The van der Waals surface area contributed by atoms with E-state index in [0.29, 0.717) is 28.2 Å². The largest absolute Gasteiger partial charge is 0.489 e. The van der Waals surface area contributed by atoms with Crippen molar-refractivity contribution in [3.8, 4) is 23.2 Å². The highest BCUT2D eigenvalue weighted by Crippen LogP contribution is 2.33. The lowest BCUT2D eigenvalue weighted by Gasteiger charge is -2.14. The Bertz CT molecular complexity index is 1190. The second kappa shape index (κ2) is 7.37. The molecule has 0 unspecified atom stereocenters. The van der Waals surface area contributed by atoms with Crippen molar-refractivity contribution in [2.45, 2.75) is 31.8 Å². The van der Waals surface area contributed by atoms with E-state index in [1.165, 1.54) is 12.8 Å². The van der Waals surface area contributed by atoms with Gasteiger partial charge in [0.2, 0.25) is 0 Å². The van der Waals surface area contributed by atoms with Crippen molar-refractivity contribution in [2.75, 3.05) is 0 Å². The van der Waals surface area contributed by atoms with Gasteiger partial charge in [-0.3, -0.25) is 9.36 Å². The summed E-state index contributed by atoms with van der Waals surface area (Å²) in [7, 11) is 0. The SMILES string of the molecule is O=Cc1ccc2c(ccn2-c2noc(-c3ccc(OC4CCCC4)c(Cl)c3)n2)c1. The van der Waals surface area contributed by atoms with Crippen LogP contribution in [0.4, 0.5) is 0 Å². The van der Waals surface area contributed by atoms with Crippen LogP contribution in [0.1, 0.15) is 36.0 Å². The minimum atomic E-state index is 0.245. The molecule has 2 heterocycles. The first-order valence-electron chi connectivity index (χ1n) is 9.58. The van der Waals surface area contributed by atoms with Crippen LogP contribution in [0.15, 0.2) is 53.2 Å². The van der Waals surface area contributed by atoms with Crippen molar-refractivity contribution in [1.29, 1.82) is 0 Å². The minimum Gasteiger partial charge on any atom is -0.489 e. The van der Waals surface area contributed by atoms with Gasteiger partial charge >= 0.3 is 0 Å². The molecule has 0 aliphatic heterocycles. The normalized spacial score (nSPS) is 14.5. The number of carbonyl (C=O) groups excluding carboxylic acids is 1. The molecule has 0 atom stereocenters. The van der Waals surface area contributed by atoms with Crippen molar-refractivity contribution in [3.63, 3.8) is 0 Å². The fraction of sp³-hybridized carbons (Fsp3) is 0.227. The van der Waals surface area contributed by atoms with E-state index in [-0.39, 0.29) is 6.10 Å². The molecule has 7 heteroatoms. The van der Waals surface area contributed by atoms with E-state index < -0.39 is 0 Å². The molecule has 2 aromatic carbocycles. The van der Waals surface area contributed by atoms with Crippen molar-refractivity contribution < 1.29 is 14.1 Å². The second-order valence-corrected chi connectivity index (χ2v) is 7.60. The highest BCUT2D eigenvalue weighted by molar-refractivity contribution is 6.32. The predicted octanol–water partition coefficient (Wildman–Crippen LogP) is 5.47. The summed E-state index contributed by atoms with van der Waals surface area (Å²) in [5, 5.41) is 5.55. The van der Waals surface area contributed by atoms with E-state index in [9.17, 15) is 4.79 Å². The zero-order valence-electron chi connectivity index (χ0n) is 15.5. The molecule has 0 amide bonds. The molecule has 5 rings (SSSR count). The molecule has 1 aliphatic carbocycles. The summed E-state index contributed by atoms with van der Waals surface area (Å²) in [6, 6.07) is 12.9. The summed E-state index contributed by atoms with van der Waals surface area (Å²) in [4.78, 5) is 15.5. The zero-order valence-corrected chi connectivity index (χ0v) is 16.3. The molecular formula is C22H18ClN3O3. The Kier molecular flexibility index (Phi) is 4.56. The van der Waals surface area contributed by atoms with Gasteiger partial charge in [0.15, 0.2) is 0 Å². The van der Waals surface area contributed by atoms with E-state index in [1.54, 1.807) is 12.1 Å². The van der Waals surface area contributed by atoms with E-state index in [0.717, 1.165) is 35.6 Å². The maximum Gasteiger partial charge on any atom is 0.275 e. The van der Waals surface area contributed by atoms with Gasteiger partial charge in [0.05, 0.1) is 16.6 Å². The topological polar surface area (TPSA) is 70.2 Å². The first-order chi connectivity index (χ1) is 14.2. The van der Waals surface area contributed by atoms with Gasteiger partial charge in [-0.1, -0.05) is 11.6 Å². The maximum atomic E-state index is 11.0. The standard InChI is InChI=1S/C22H18ClN3O3/c23-18-12-16(6-8-20(18)28-17-3-1-2-4-17)21-24-22(25-29-21)26-10-9-15-11-14(13-27)5-7-19(15)26/h5-13,17H,1-4H2. The monoisotopic (exact) mass is 407 g/mol. The first kappa shape index (κ1) is 17.9. The van der Waals surface area contributed by atoms with Crippen molar-refractivity contribution in [2.24, 2.45) is 0 Å². The number of hydrogen-bond acceptors (Lipinski definition) is 5. The lowest BCUT2D eigenvalue weighted by Crippen LogP contribution is -2.11. The molecule has 1 fully saturated rings. The highest BCUT2D eigenvalue weighted by Gasteiger charge is 2.19. The molecule has 1 saturated carbocycles. The Morgan fingerprint density at radius 2 is 2.00 bits per heavy atom. The van der Waals surface area contributed by atoms with Crippen LogP contribution in [-0.4, -0.2) is 27.1 Å². The Labute approximate surface area is 172 Å². The summed E-state index contributed by atoms with van der Waals surface area (Å²) >= 11 is 6.42. The van der Waals surface area contributed by atoms with Crippen molar-refractivity contribution >= 4 is 28.8 Å². The average molecular weight is 408 g/mol. The third-order valence-corrected chi connectivity index (χ3v) is 5.55. The predicted molar refractivity (Wildman–Crippen MR) is 110 cm³/mol. The third kappa shape index (κ3) is 3.40. The summed E-state index contributed by atoms with van der Waals surface area (Å²) in [6.45, 7) is 0. The fourth-order valence-electron chi connectivity index (χ4n) is 3.75. The van der Waals surface area contributed by atoms with Crippen LogP contribution in [0.25, 0.3) is 28.3 Å². The molecule has 4 aromatic rings. The summed E-state index contributed by atoms with van der Waals surface area (Å²) in [5.74, 6) is 1.47. The molecule has 0 bridgehead atoms. The molecule has 1 aliphatic rings. The zero-order chi connectivity index (χ0) is 19.8. The highest BCUT2D eigenvalue weighted by atomic mass is 35.5. The number of ether oxygens (including phenoxy) is 1. The van der Waals surface area contributed by atoms with E-state index >= 15 is 0 Å². The van der Waals surface area contributed by atoms with Gasteiger partial charge in [-0.05, 0) is 73.3 Å².